The average Bonchev–Trinajstić information content (AvgIpc) is 2.82. The van der Waals surface area contributed by atoms with Crippen molar-refractivity contribution in [3.63, 3.8) is 0 Å². The van der Waals surface area contributed by atoms with E-state index in [0.29, 0.717) is 13.1 Å². The van der Waals surface area contributed by atoms with Crippen LogP contribution in [0.4, 0.5) is 0 Å². The van der Waals surface area contributed by atoms with Crippen LogP contribution in [0.5, 0.6) is 0 Å². The predicted octanol–water partition coefficient (Wildman–Crippen LogP) is 0.814. The topological polar surface area (TPSA) is 56.1 Å². The van der Waals surface area contributed by atoms with E-state index in [2.05, 4.69) is 10.4 Å². The molecular formula is C12H19N3O2. The molecule has 1 fully saturated rings. The third-order valence-corrected chi connectivity index (χ3v) is 3.14. The second kappa shape index (κ2) is 5.82. The lowest BCUT2D eigenvalue weighted by atomic mass is 9.94. The highest BCUT2D eigenvalue weighted by Crippen LogP contribution is 2.20. The fraction of sp³-hybridized carbons (Fsp3) is 0.667. The molecule has 1 aromatic heterocycles. The van der Waals surface area contributed by atoms with Crippen molar-refractivity contribution in [1.29, 1.82) is 0 Å². The first kappa shape index (κ1) is 12.1. The van der Waals surface area contributed by atoms with Gasteiger partial charge in [0.2, 0.25) is 5.91 Å². The van der Waals surface area contributed by atoms with Crippen molar-refractivity contribution in [2.24, 2.45) is 5.92 Å². The summed E-state index contributed by atoms with van der Waals surface area (Å²) in [4.78, 5) is 11.9. The van der Waals surface area contributed by atoms with E-state index in [9.17, 15) is 4.79 Å². The molecule has 1 aromatic rings. The molecule has 0 saturated carbocycles. The molecule has 1 aliphatic rings. The molecule has 5 heteroatoms. The SMILES string of the molecule is C[C@H]1OCCC[C@@H]1C(=O)NCCn1cccn1. The summed E-state index contributed by atoms with van der Waals surface area (Å²) >= 11 is 0. The van der Waals surface area contributed by atoms with E-state index in [4.69, 9.17) is 4.74 Å². The predicted molar refractivity (Wildman–Crippen MR) is 63.4 cm³/mol. The highest BCUT2D eigenvalue weighted by atomic mass is 16.5. The van der Waals surface area contributed by atoms with Gasteiger partial charge >= 0.3 is 0 Å². The number of rotatable bonds is 4. The lowest BCUT2D eigenvalue weighted by Gasteiger charge is -2.27. The summed E-state index contributed by atoms with van der Waals surface area (Å²) in [7, 11) is 0. The Bertz CT molecular complexity index is 351. The molecule has 1 saturated heterocycles. The highest BCUT2D eigenvalue weighted by Gasteiger charge is 2.28. The van der Waals surface area contributed by atoms with Gasteiger partial charge in [-0.3, -0.25) is 9.48 Å². The Morgan fingerprint density at radius 1 is 1.65 bits per heavy atom. The van der Waals surface area contributed by atoms with Gasteiger partial charge in [0.05, 0.1) is 18.6 Å². The molecule has 2 atom stereocenters. The zero-order valence-corrected chi connectivity index (χ0v) is 10.1. The Labute approximate surface area is 101 Å². The average molecular weight is 237 g/mol. The van der Waals surface area contributed by atoms with Crippen LogP contribution in [0.15, 0.2) is 18.5 Å². The maximum Gasteiger partial charge on any atom is 0.225 e. The number of ether oxygens (including phenoxy) is 1. The van der Waals surface area contributed by atoms with E-state index < -0.39 is 0 Å². The van der Waals surface area contributed by atoms with Crippen LogP contribution in [-0.4, -0.2) is 34.9 Å². The number of hydrogen-bond acceptors (Lipinski definition) is 3. The molecular weight excluding hydrogens is 218 g/mol. The molecule has 17 heavy (non-hydrogen) atoms. The van der Waals surface area contributed by atoms with Crippen LogP contribution in [0.2, 0.25) is 0 Å². The van der Waals surface area contributed by atoms with Crippen molar-refractivity contribution in [2.75, 3.05) is 13.2 Å². The normalized spacial score (nSPS) is 24.5. The first-order valence-corrected chi connectivity index (χ1v) is 6.14. The van der Waals surface area contributed by atoms with E-state index in [-0.39, 0.29) is 17.9 Å². The summed E-state index contributed by atoms with van der Waals surface area (Å²) in [6.45, 7) is 4.07. The van der Waals surface area contributed by atoms with Crippen molar-refractivity contribution in [2.45, 2.75) is 32.4 Å². The smallest absolute Gasteiger partial charge is 0.225 e. The fourth-order valence-corrected chi connectivity index (χ4v) is 2.13. The van der Waals surface area contributed by atoms with Gasteiger partial charge < -0.3 is 10.1 Å². The lowest BCUT2D eigenvalue weighted by molar-refractivity contribution is -0.133. The van der Waals surface area contributed by atoms with Gasteiger partial charge in [-0.25, -0.2) is 0 Å². The van der Waals surface area contributed by atoms with E-state index in [0.717, 1.165) is 19.4 Å². The molecule has 0 radical (unpaired) electrons. The van der Waals surface area contributed by atoms with E-state index >= 15 is 0 Å². The number of aromatic nitrogens is 2. The highest BCUT2D eigenvalue weighted by molar-refractivity contribution is 5.79. The van der Waals surface area contributed by atoms with E-state index in [1.807, 2.05) is 19.2 Å². The summed E-state index contributed by atoms with van der Waals surface area (Å²) in [5.74, 6) is 0.103. The summed E-state index contributed by atoms with van der Waals surface area (Å²) in [6, 6.07) is 1.87. The molecule has 2 heterocycles. The molecule has 1 amide bonds. The van der Waals surface area contributed by atoms with E-state index in [1.54, 1.807) is 10.9 Å². The summed E-state index contributed by atoms with van der Waals surface area (Å²) in [6.07, 6.45) is 5.56. The molecule has 2 rings (SSSR count). The van der Waals surface area contributed by atoms with Crippen molar-refractivity contribution >= 4 is 5.91 Å². The largest absolute Gasteiger partial charge is 0.378 e. The number of nitrogens with one attached hydrogen (secondary N) is 1. The molecule has 0 aliphatic carbocycles. The lowest BCUT2D eigenvalue weighted by Crippen LogP contribution is -2.41. The molecule has 0 unspecified atom stereocenters. The fourth-order valence-electron chi connectivity index (χ4n) is 2.13. The van der Waals surface area contributed by atoms with Gasteiger partial charge in [-0.2, -0.15) is 5.10 Å². The van der Waals surface area contributed by atoms with Gasteiger partial charge in [0.25, 0.3) is 0 Å². The second-order valence-electron chi connectivity index (χ2n) is 4.38. The van der Waals surface area contributed by atoms with Crippen molar-refractivity contribution in [3.8, 4) is 0 Å². The maximum absolute atomic E-state index is 11.9. The molecule has 94 valence electrons. The third-order valence-electron chi connectivity index (χ3n) is 3.14. The molecule has 1 N–H and O–H groups in total. The first-order valence-electron chi connectivity index (χ1n) is 6.14. The molecule has 1 aliphatic heterocycles. The van der Waals surface area contributed by atoms with Gasteiger partial charge in [0.15, 0.2) is 0 Å². The van der Waals surface area contributed by atoms with Crippen LogP contribution in [0.25, 0.3) is 0 Å². The van der Waals surface area contributed by atoms with Crippen molar-refractivity contribution in [1.82, 2.24) is 15.1 Å². The summed E-state index contributed by atoms with van der Waals surface area (Å²) in [5, 5.41) is 7.02. The molecule has 0 spiro atoms. The zero-order valence-electron chi connectivity index (χ0n) is 10.1. The van der Waals surface area contributed by atoms with Gasteiger partial charge in [-0.15, -0.1) is 0 Å². The Hall–Kier alpha value is -1.36. The minimum Gasteiger partial charge on any atom is -0.378 e. The maximum atomic E-state index is 11.9. The van der Waals surface area contributed by atoms with Crippen LogP contribution in [-0.2, 0) is 16.1 Å². The number of carbonyl (C=O) groups excluding carboxylic acids is 1. The van der Waals surface area contributed by atoms with Crippen LogP contribution < -0.4 is 5.32 Å². The second-order valence-corrected chi connectivity index (χ2v) is 4.38. The third kappa shape index (κ3) is 3.30. The minimum atomic E-state index is 0.00127. The number of amides is 1. The molecule has 0 bridgehead atoms. The van der Waals surface area contributed by atoms with Gasteiger partial charge in [0.1, 0.15) is 0 Å². The van der Waals surface area contributed by atoms with Gasteiger partial charge in [-0.1, -0.05) is 0 Å². The number of hydrogen-bond donors (Lipinski definition) is 1. The van der Waals surface area contributed by atoms with Crippen LogP contribution in [0.1, 0.15) is 19.8 Å². The number of nitrogens with zero attached hydrogens (tertiary/aromatic N) is 2. The van der Waals surface area contributed by atoms with E-state index in [1.165, 1.54) is 0 Å². The first-order chi connectivity index (χ1) is 8.27. The standard InChI is InChI=1S/C12H19N3O2/c1-10-11(4-2-9-17-10)12(16)13-6-8-15-7-3-5-14-15/h3,5,7,10-11H,2,4,6,8-9H2,1H3,(H,13,16)/t10-,11+/m1/s1. The molecule has 0 aromatic carbocycles. The van der Waals surface area contributed by atoms with Crippen LogP contribution in [0.3, 0.4) is 0 Å². The quantitative estimate of drug-likeness (QED) is 0.843. The molecule has 5 nitrogen and oxygen atoms in total. The van der Waals surface area contributed by atoms with Crippen molar-refractivity contribution in [3.05, 3.63) is 18.5 Å². The summed E-state index contributed by atoms with van der Waals surface area (Å²) in [5.41, 5.74) is 0. The van der Waals surface area contributed by atoms with Gasteiger partial charge in [-0.05, 0) is 25.8 Å². The van der Waals surface area contributed by atoms with Crippen LogP contribution >= 0.6 is 0 Å². The Morgan fingerprint density at radius 2 is 2.53 bits per heavy atom. The van der Waals surface area contributed by atoms with Crippen LogP contribution in [0, 0.1) is 5.92 Å². The summed E-state index contributed by atoms with van der Waals surface area (Å²) < 4.78 is 7.29. The van der Waals surface area contributed by atoms with Gasteiger partial charge in [0, 0.05) is 25.5 Å². The monoisotopic (exact) mass is 237 g/mol. The Balaban J connectivity index is 1.73. The zero-order chi connectivity index (χ0) is 12.1. The number of carbonyl (C=O) groups is 1. The minimum absolute atomic E-state index is 0.00127. The Morgan fingerprint density at radius 3 is 3.24 bits per heavy atom. The Kier molecular flexibility index (Phi) is 4.14. The van der Waals surface area contributed by atoms with Crippen molar-refractivity contribution < 1.29 is 9.53 Å².